The number of rotatable bonds is 5. The molecule has 0 atom stereocenters. The molecule has 150 valence electrons. The second-order valence-electron chi connectivity index (χ2n) is 7.64. The average Bonchev–Trinajstić information content (AvgIpc) is 3.21. The molecule has 0 unspecified atom stereocenters. The number of aryl methyl sites for hydroxylation is 1. The van der Waals surface area contributed by atoms with Gasteiger partial charge in [0, 0.05) is 12.1 Å². The van der Waals surface area contributed by atoms with Crippen molar-refractivity contribution in [3.8, 4) is 16.8 Å². The first-order valence-corrected chi connectivity index (χ1v) is 10.6. The molecule has 0 spiro atoms. The maximum Gasteiger partial charge on any atom is 0.114 e. The van der Waals surface area contributed by atoms with Crippen LogP contribution in [0.25, 0.3) is 50.8 Å². The zero-order chi connectivity index (χ0) is 21.4. The maximum atomic E-state index is 4.82. The second kappa shape index (κ2) is 7.73. The van der Waals surface area contributed by atoms with Crippen molar-refractivity contribution in [1.29, 1.82) is 0 Å². The summed E-state index contributed by atoms with van der Waals surface area (Å²) >= 11 is 0. The summed E-state index contributed by atoms with van der Waals surface area (Å²) in [4.78, 5) is 4.82. The molecule has 31 heavy (non-hydrogen) atoms. The molecule has 1 aromatic heterocycles. The molecule has 0 fully saturated rings. The van der Waals surface area contributed by atoms with E-state index in [1.165, 1.54) is 21.9 Å². The van der Waals surface area contributed by atoms with Crippen molar-refractivity contribution in [1.82, 2.24) is 9.55 Å². The number of para-hydroxylation sites is 2. The quantitative estimate of drug-likeness (QED) is 0.296. The highest BCUT2D eigenvalue weighted by atomic mass is 15.1. The average molecular weight is 401 g/mol. The third kappa shape index (κ3) is 3.08. The Balaban J connectivity index is 1.72. The molecule has 5 rings (SSSR count). The van der Waals surface area contributed by atoms with Crippen LogP contribution in [0.5, 0.6) is 0 Å². The summed E-state index contributed by atoms with van der Waals surface area (Å²) in [6.45, 7) is 10.3. The van der Waals surface area contributed by atoms with Gasteiger partial charge in [-0.2, -0.15) is 0 Å². The molecule has 0 bridgehead atoms. The molecule has 0 aliphatic carbocycles. The highest BCUT2D eigenvalue weighted by Gasteiger charge is 2.14. The molecule has 4 aromatic carbocycles. The summed E-state index contributed by atoms with van der Waals surface area (Å²) in [5.41, 5.74) is 7.87. The number of benzene rings is 4. The van der Waals surface area contributed by atoms with Gasteiger partial charge in [-0.15, -0.1) is 0 Å². The number of hydrogen-bond acceptors (Lipinski definition) is 1. The van der Waals surface area contributed by atoms with E-state index < -0.39 is 0 Å². The Hall–Kier alpha value is -3.91. The maximum absolute atomic E-state index is 4.82. The van der Waals surface area contributed by atoms with Gasteiger partial charge in [0.2, 0.25) is 0 Å². The summed E-state index contributed by atoms with van der Waals surface area (Å²) in [6.07, 6.45) is 4.72. The second-order valence-corrected chi connectivity index (χ2v) is 7.64. The van der Waals surface area contributed by atoms with Gasteiger partial charge in [-0.3, -0.25) is 4.57 Å². The topological polar surface area (TPSA) is 17.8 Å². The van der Waals surface area contributed by atoms with E-state index in [4.69, 9.17) is 4.98 Å². The third-order valence-electron chi connectivity index (χ3n) is 5.91. The zero-order valence-electron chi connectivity index (χ0n) is 17.7. The first kappa shape index (κ1) is 19.1. The van der Waals surface area contributed by atoms with Crippen LogP contribution < -0.4 is 0 Å². The number of imidazole rings is 1. The van der Waals surface area contributed by atoms with Gasteiger partial charge in [0.1, 0.15) is 5.82 Å². The van der Waals surface area contributed by atoms with Crippen LogP contribution in [0.1, 0.15) is 23.9 Å². The molecular formula is C29H24N2. The minimum atomic E-state index is 0.878. The molecular weight excluding hydrogens is 376 g/mol. The monoisotopic (exact) mass is 400 g/mol. The Bertz CT molecular complexity index is 1440. The van der Waals surface area contributed by atoms with Crippen LogP contribution in [0.4, 0.5) is 0 Å². The van der Waals surface area contributed by atoms with E-state index in [9.17, 15) is 0 Å². The number of hydrogen-bond donors (Lipinski definition) is 0. The predicted molar refractivity (Wildman–Crippen MR) is 134 cm³/mol. The van der Waals surface area contributed by atoms with Gasteiger partial charge in [0.05, 0.1) is 11.0 Å². The van der Waals surface area contributed by atoms with Gasteiger partial charge in [0.15, 0.2) is 0 Å². The van der Waals surface area contributed by atoms with Crippen molar-refractivity contribution in [3.63, 3.8) is 0 Å². The minimum Gasteiger partial charge on any atom is -0.296 e. The van der Waals surface area contributed by atoms with Gasteiger partial charge in [-0.25, -0.2) is 4.98 Å². The van der Waals surface area contributed by atoms with E-state index in [1.54, 1.807) is 0 Å². The Morgan fingerprint density at radius 1 is 0.871 bits per heavy atom. The Morgan fingerprint density at radius 2 is 1.61 bits per heavy atom. The summed E-state index contributed by atoms with van der Waals surface area (Å²) < 4.78 is 2.26. The van der Waals surface area contributed by atoms with Crippen molar-refractivity contribution >= 4 is 34.0 Å². The first-order valence-electron chi connectivity index (χ1n) is 10.6. The van der Waals surface area contributed by atoms with Gasteiger partial charge < -0.3 is 0 Å². The fourth-order valence-corrected chi connectivity index (χ4v) is 4.46. The van der Waals surface area contributed by atoms with Crippen LogP contribution in [-0.2, 0) is 6.42 Å². The number of nitrogens with zero attached hydrogens (tertiary/aromatic N) is 2. The van der Waals surface area contributed by atoms with Crippen LogP contribution in [0.3, 0.4) is 0 Å². The van der Waals surface area contributed by atoms with Crippen LogP contribution in [-0.4, -0.2) is 9.55 Å². The smallest absolute Gasteiger partial charge is 0.114 e. The van der Waals surface area contributed by atoms with E-state index >= 15 is 0 Å². The fraction of sp³-hybridized carbons (Fsp3) is 0.0690. The molecule has 2 heteroatoms. The van der Waals surface area contributed by atoms with Crippen LogP contribution >= 0.6 is 0 Å². The van der Waals surface area contributed by atoms with Crippen LogP contribution in [0.15, 0.2) is 92.0 Å². The Kier molecular flexibility index (Phi) is 4.76. The molecule has 5 aromatic rings. The van der Waals surface area contributed by atoms with Crippen molar-refractivity contribution in [2.24, 2.45) is 0 Å². The molecule has 0 aliphatic rings. The minimum absolute atomic E-state index is 0.878. The molecule has 0 N–H and O–H groups in total. The fourth-order valence-electron chi connectivity index (χ4n) is 4.46. The van der Waals surface area contributed by atoms with Crippen LogP contribution in [0, 0.1) is 0 Å². The van der Waals surface area contributed by atoms with Gasteiger partial charge in [0.25, 0.3) is 0 Å². The summed E-state index contributed by atoms with van der Waals surface area (Å²) in [6, 6.07) is 27.8. The number of aromatic nitrogens is 2. The Labute approximate surface area is 182 Å². The largest absolute Gasteiger partial charge is 0.296 e. The molecule has 0 radical (unpaired) electrons. The van der Waals surface area contributed by atoms with Gasteiger partial charge in [-0.1, -0.05) is 80.8 Å². The highest BCUT2D eigenvalue weighted by molar-refractivity contribution is 6.03. The van der Waals surface area contributed by atoms with Crippen molar-refractivity contribution in [3.05, 3.63) is 109 Å². The normalized spacial score (nSPS) is 11.1. The lowest BCUT2D eigenvalue weighted by molar-refractivity contribution is 0.908. The van der Waals surface area contributed by atoms with Gasteiger partial charge >= 0.3 is 0 Å². The van der Waals surface area contributed by atoms with Crippen molar-refractivity contribution in [2.75, 3.05) is 0 Å². The lowest BCUT2D eigenvalue weighted by Crippen LogP contribution is -2.00. The first-order chi connectivity index (χ1) is 15.2. The molecule has 2 nitrogen and oxygen atoms in total. The van der Waals surface area contributed by atoms with E-state index in [1.807, 2.05) is 18.2 Å². The SMILES string of the molecule is C=Cc1cc2ccccc2c(-c2ccc(-n3c(CC)nc4ccccc43)cc2)c1C=C. The highest BCUT2D eigenvalue weighted by Crippen LogP contribution is 2.36. The van der Waals surface area contributed by atoms with E-state index in [0.29, 0.717) is 0 Å². The summed E-state index contributed by atoms with van der Waals surface area (Å²) in [5.74, 6) is 1.07. The number of fused-ring (bicyclic) bond motifs is 2. The molecule has 0 aliphatic heterocycles. The van der Waals surface area contributed by atoms with Crippen molar-refractivity contribution in [2.45, 2.75) is 13.3 Å². The summed E-state index contributed by atoms with van der Waals surface area (Å²) in [7, 11) is 0. The van der Waals surface area contributed by atoms with Gasteiger partial charge in [-0.05, 0) is 63.4 Å². The third-order valence-corrected chi connectivity index (χ3v) is 5.91. The zero-order valence-corrected chi connectivity index (χ0v) is 17.7. The lowest BCUT2D eigenvalue weighted by Gasteiger charge is -2.15. The standard InChI is InChI=1S/C29H24N2/c1-4-20-19-22-11-7-8-12-25(22)29(24(20)5-2)21-15-17-23(18-16-21)31-27-14-10-9-13-26(27)30-28(31)6-3/h4-5,7-19H,1-2,6H2,3H3. The summed E-state index contributed by atoms with van der Waals surface area (Å²) in [5, 5.41) is 2.43. The molecule has 0 saturated heterocycles. The van der Waals surface area contributed by atoms with Crippen LogP contribution in [0.2, 0.25) is 0 Å². The lowest BCUT2D eigenvalue weighted by atomic mass is 9.89. The predicted octanol–water partition coefficient (Wildman–Crippen LogP) is 7.69. The van der Waals surface area contributed by atoms with E-state index in [0.717, 1.165) is 40.1 Å². The Morgan fingerprint density at radius 3 is 2.35 bits per heavy atom. The van der Waals surface area contributed by atoms with E-state index in [-0.39, 0.29) is 0 Å². The molecule has 1 heterocycles. The molecule has 0 amide bonds. The van der Waals surface area contributed by atoms with Crippen molar-refractivity contribution < 1.29 is 0 Å². The van der Waals surface area contributed by atoms with E-state index in [2.05, 4.69) is 97.4 Å². The molecule has 0 saturated carbocycles.